The van der Waals surface area contributed by atoms with E-state index in [4.69, 9.17) is 0 Å². The van der Waals surface area contributed by atoms with E-state index in [2.05, 4.69) is 51.3 Å². The third kappa shape index (κ3) is 6.14. The van der Waals surface area contributed by atoms with Crippen molar-refractivity contribution in [1.29, 1.82) is 0 Å². The maximum Gasteiger partial charge on any atom is 0.225 e. The largest absolute Gasteiger partial charge is 0.356 e. The first-order valence-corrected chi connectivity index (χ1v) is 9.16. The topological polar surface area (TPSA) is 65.5 Å². The lowest BCUT2D eigenvalue weighted by atomic mass is 9.64. The number of nitrogens with zero attached hydrogens (tertiary/aromatic N) is 1. The van der Waals surface area contributed by atoms with Crippen LogP contribution in [0.1, 0.15) is 45.6 Å². The molecule has 0 atom stereocenters. The molecule has 5 nitrogen and oxygen atoms in total. The Hall–Kier alpha value is -1.31. The second kappa shape index (κ2) is 10.1. The number of aliphatic imine (C=N–C) groups is 1. The fourth-order valence-corrected chi connectivity index (χ4v) is 3.06. The van der Waals surface area contributed by atoms with Crippen molar-refractivity contribution < 1.29 is 4.79 Å². The number of halogens is 1. The smallest absolute Gasteiger partial charge is 0.225 e. The molecule has 1 amide bonds. The van der Waals surface area contributed by atoms with Gasteiger partial charge in [0.2, 0.25) is 5.91 Å². The molecule has 0 bridgehead atoms. The Balaban J connectivity index is 0.00000338. The molecule has 1 saturated carbocycles. The van der Waals surface area contributed by atoms with Gasteiger partial charge in [-0.2, -0.15) is 0 Å². The lowest BCUT2D eigenvalue weighted by molar-refractivity contribution is -0.128. The predicted octanol–water partition coefficient (Wildman–Crippen LogP) is 3.05. The number of guanidine groups is 1. The van der Waals surface area contributed by atoms with Crippen LogP contribution in [0.3, 0.4) is 0 Å². The zero-order valence-corrected chi connectivity index (χ0v) is 18.7. The van der Waals surface area contributed by atoms with Crippen LogP contribution in [-0.2, 0) is 10.2 Å². The second-order valence-electron chi connectivity index (χ2n) is 7.86. The van der Waals surface area contributed by atoms with Crippen LogP contribution in [0.25, 0.3) is 0 Å². The Morgan fingerprint density at radius 2 is 1.69 bits per heavy atom. The number of carbonyl (C=O) groups excluding carboxylic acids is 1. The summed E-state index contributed by atoms with van der Waals surface area (Å²) in [4.78, 5) is 16.1. The van der Waals surface area contributed by atoms with Gasteiger partial charge in [0, 0.05) is 37.5 Å². The highest BCUT2D eigenvalue weighted by Crippen LogP contribution is 2.43. The average molecular weight is 472 g/mol. The quantitative estimate of drug-likeness (QED) is 0.258. The molecule has 1 aromatic carbocycles. The van der Waals surface area contributed by atoms with Gasteiger partial charge in [-0.3, -0.25) is 9.79 Å². The molecule has 1 aromatic rings. The van der Waals surface area contributed by atoms with Crippen LogP contribution in [0.4, 0.5) is 0 Å². The molecule has 0 spiro atoms. The summed E-state index contributed by atoms with van der Waals surface area (Å²) in [5.41, 5.74) is 1.27. The van der Waals surface area contributed by atoms with Gasteiger partial charge in [-0.1, -0.05) is 57.5 Å². The highest BCUT2D eigenvalue weighted by molar-refractivity contribution is 14.0. The summed E-state index contributed by atoms with van der Waals surface area (Å²) in [6, 6.07) is 10.7. The summed E-state index contributed by atoms with van der Waals surface area (Å²) < 4.78 is 0. The van der Waals surface area contributed by atoms with Gasteiger partial charge >= 0.3 is 0 Å². The highest BCUT2D eigenvalue weighted by atomic mass is 127. The van der Waals surface area contributed by atoms with Gasteiger partial charge in [-0.05, 0) is 18.4 Å². The summed E-state index contributed by atoms with van der Waals surface area (Å²) in [7, 11) is 1.78. The second-order valence-corrected chi connectivity index (χ2v) is 7.86. The number of rotatable bonds is 6. The molecule has 0 aromatic heterocycles. The van der Waals surface area contributed by atoms with E-state index < -0.39 is 0 Å². The maximum absolute atomic E-state index is 11.9. The summed E-state index contributed by atoms with van der Waals surface area (Å²) in [5.74, 6) is 0.849. The first-order valence-electron chi connectivity index (χ1n) is 9.16. The van der Waals surface area contributed by atoms with E-state index in [1.165, 1.54) is 24.8 Å². The number of amides is 1. The van der Waals surface area contributed by atoms with Crippen molar-refractivity contribution in [2.75, 3.05) is 26.7 Å². The van der Waals surface area contributed by atoms with Crippen LogP contribution in [0.2, 0.25) is 0 Å². The van der Waals surface area contributed by atoms with Crippen molar-refractivity contribution in [2.24, 2.45) is 10.4 Å². The minimum Gasteiger partial charge on any atom is -0.356 e. The molecule has 2 rings (SSSR count). The molecule has 0 unspecified atom stereocenters. The highest BCUT2D eigenvalue weighted by Gasteiger charge is 2.38. The van der Waals surface area contributed by atoms with Crippen molar-refractivity contribution >= 4 is 35.8 Å². The van der Waals surface area contributed by atoms with Gasteiger partial charge in [0.25, 0.3) is 0 Å². The molecule has 1 aliphatic rings. The van der Waals surface area contributed by atoms with Gasteiger partial charge in [0.05, 0.1) is 0 Å². The zero-order chi connectivity index (χ0) is 18.3. The number of carbonyl (C=O) groups is 1. The van der Waals surface area contributed by atoms with Gasteiger partial charge < -0.3 is 16.0 Å². The van der Waals surface area contributed by atoms with Gasteiger partial charge in [0.1, 0.15) is 0 Å². The molecule has 0 saturated heterocycles. The SMILES string of the molecule is CN=C(NCCNC(=O)C(C)(C)C)NCC1(c2ccccc2)CCC1.I. The van der Waals surface area contributed by atoms with E-state index in [0.717, 1.165) is 12.5 Å². The van der Waals surface area contributed by atoms with E-state index >= 15 is 0 Å². The number of hydrogen-bond acceptors (Lipinski definition) is 2. The Morgan fingerprint density at radius 1 is 1.08 bits per heavy atom. The lowest BCUT2D eigenvalue weighted by Crippen LogP contribution is -2.50. The molecular weight excluding hydrogens is 439 g/mol. The molecular formula is C20H33IN4O. The van der Waals surface area contributed by atoms with Crippen LogP contribution < -0.4 is 16.0 Å². The Bertz CT molecular complexity index is 592. The van der Waals surface area contributed by atoms with Crippen molar-refractivity contribution in [1.82, 2.24) is 16.0 Å². The van der Waals surface area contributed by atoms with Crippen LogP contribution in [0.15, 0.2) is 35.3 Å². The fourth-order valence-electron chi connectivity index (χ4n) is 3.06. The normalized spacial score (nSPS) is 16.1. The van der Waals surface area contributed by atoms with E-state index in [0.29, 0.717) is 13.1 Å². The third-order valence-electron chi connectivity index (χ3n) is 4.90. The Labute approximate surface area is 174 Å². The number of benzene rings is 1. The Kier molecular flexibility index (Phi) is 8.86. The van der Waals surface area contributed by atoms with Gasteiger partial charge in [-0.25, -0.2) is 0 Å². The summed E-state index contributed by atoms with van der Waals surface area (Å²) in [6.45, 7) is 7.86. The monoisotopic (exact) mass is 472 g/mol. The lowest BCUT2D eigenvalue weighted by Gasteiger charge is -2.43. The van der Waals surface area contributed by atoms with E-state index in [1.807, 2.05) is 20.8 Å². The molecule has 1 aliphatic carbocycles. The average Bonchev–Trinajstić information content (AvgIpc) is 2.55. The number of nitrogens with one attached hydrogen (secondary N) is 3. The molecule has 6 heteroatoms. The Morgan fingerprint density at radius 3 is 2.19 bits per heavy atom. The number of hydrogen-bond donors (Lipinski definition) is 3. The van der Waals surface area contributed by atoms with E-state index in [-0.39, 0.29) is 40.7 Å². The third-order valence-corrected chi connectivity index (χ3v) is 4.90. The van der Waals surface area contributed by atoms with E-state index in [1.54, 1.807) is 7.05 Å². The fraction of sp³-hybridized carbons (Fsp3) is 0.600. The van der Waals surface area contributed by atoms with Crippen molar-refractivity contribution in [3.63, 3.8) is 0 Å². The molecule has 0 radical (unpaired) electrons. The summed E-state index contributed by atoms with van der Waals surface area (Å²) in [6.07, 6.45) is 3.70. The van der Waals surface area contributed by atoms with Crippen molar-refractivity contribution in [3.8, 4) is 0 Å². The van der Waals surface area contributed by atoms with Crippen LogP contribution in [0.5, 0.6) is 0 Å². The van der Waals surface area contributed by atoms with Gasteiger partial charge in [-0.15, -0.1) is 24.0 Å². The zero-order valence-electron chi connectivity index (χ0n) is 16.4. The van der Waals surface area contributed by atoms with Crippen LogP contribution >= 0.6 is 24.0 Å². The van der Waals surface area contributed by atoms with Crippen LogP contribution in [-0.4, -0.2) is 38.5 Å². The first-order chi connectivity index (χ1) is 11.9. The van der Waals surface area contributed by atoms with E-state index in [9.17, 15) is 4.79 Å². The van der Waals surface area contributed by atoms with Crippen molar-refractivity contribution in [2.45, 2.75) is 45.4 Å². The van der Waals surface area contributed by atoms with Crippen LogP contribution in [0, 0.1) is 5.41 Å². The standard InChI is InChI=1S/C20H32N4O.HI/c1-19(2,3)17(25)22-13-14-23-18(21-4)24-15-20(11-8-12-20)16-9-6-5-7-10-16;/h5-7,9-10H,8,11-15H2,1-4H3,(H,22,25)(H2,21,23,24);1H. The maximum atomic E-state index is 11.9. The predicted molar refractivity (Wildman–Crippen MR) is 119 cm³/mol. The minimum atomic E-state index is -0.355. The van der Waals surface area contributed by atoms with Gasteiger partial charge in [0.15, 0.2) is 5.96 Å². The molecule has 3 N–H and O–H groups in total. The minimum absolute atomic E-state index is 0. The molecule has 26 heavy (non-hydrogen) atoms. The molecule has 0 aliphatic heterocycles. The first kappa shape index (κ1) is 22.7. The molecule has 1 fully saturated rings. The van der Waals surface area contributed by atoms with Crippen molar-refractivity contribution in [3.05, 3.63) is 35.9 Å². The summed E-state index contributed by atoms with van der Waals surface area (Å²) in [5, 5.41) is 9.67. The molecule has 0 heterocycles. The summed E-state index contributed by atoms with van der Waals surface area (Å²) >= 11 is 0. The molecule has 146 valence electrons.